The van der Waals surface area contributed by atoms with Gasteiger partial charge in [0.15, 0.2) is 0 Å². The first kappa shape index (κ1) is 27.9. The Hall–Kier alpha value is -6.90. The van der Waals surface area contributed by atoms with E-state index in [1.807, 2.05) is 0 Å². The lowest BCUT2D eigenvalue weighted by atomic mass is 9.97. The van der Waals surface area contributed by atoms with E-state index < -0.39 is 0 Å². The third-order valence-corrected chi connectivity index (χ3v) is 11.3. The monoisotopic (exact) mass is 658 g/mol. The van der Waals surface area contributed by atoms with Crippen molar-refractivity contribution in [2.75, 3.05) is 0 Å². The van der Waals surface area contributed by atoms with Crippen molar-refractivity contribution in [2.45, 2.75) is 0 Å². The molecule has 3 aromatic heterocycles. The Morgan fingerprint density at radius 1 is 0.288 bits per heavy atom. The van der Waals surface area contributed by atoms with E-state index in [-0.39, 0.29) is 0 Å². The molecule has 2 nitrogen and oxygen atoms in total. The molecule has 0 radical (unpaired) electrons. The molecular formula is C50H30N2. The second kappa shape index (κ2) is 10.3. The number of hydrogen-bond acceptors (Lipinski definition) is 0. The van der Waals surface area contributed by atoms with Gasteiger partial charge in [0.05, 0.1) is 27.6 Å². The summed E-state index contributed by atoms with van der Waals surface area (Å²) in [5.74, 6) is 0. The van der Waals surface area contributed by atoms with E-state index in [1.54, 1.807) is 0 Å². The second-order valence-corrected chi connectivity index (χ2v) is 14.2. The summed E-state index contributed by atoms with van der Waals surface area (Å²) in [5, 5.41) is 12.8. The van der Waals surface area contributed by atoms with Gasteiger partial charge in [-0.25, -0.2) is 0 Å². The second-order valence-electron chi connectivity index (χ2n) is 14.2. The van der Waals surface area contributed by atoms with Crippen molar-refractivity contribution in [1.82, 2.24) is 8.97 Å². The highest BCUT2D eigenvalue weighted by molar-refractivity contribution is 6.36. The molecule has 2 heteroatoms. The van der Waals surface area contributed by atoms with Crippen molar-refractivity contribution in [3.63, 3.8) is 0 Å². The van der Waals surface area contributed by atoms with E-state index in [2.05, 4.69) is 191 Å². The first-order chi connectivity index (χ1) is 25.8. The Balaban J connectivity index is 1.27. The lowest BCUT2D eigenvalue weighted by Gasteiger charge is -2.09. The molecule has 12 rings (SSSR count). The first-order valence-electron chi connectivity index (χ1n) is 18.0. The average Bonchev–Trinajstić information content (AvgIpc) is 3.83. The fourth-order valence-electron chi connectivity index (χ4n) is 9.02. The van der Waals surface area contributed by atoms with Crippen LogP contribution in [0.15, 0.2) is 182 Å². The van der Waals surface area contributed by atoms with Gasteiger partial charge in [0.2, 0.25) is 0 Å². The van der Waals surface area contributed by atoms with Gasteiger partial charge in [0, 0.05) is 38.0 Å². The summed E-state index contributed by atoms with van der Waals surface area (Å²) in [6.07, 6.45) is 0. The molecule has 0 fully saturated rings. The summed E-state index contributed by atoms with van der Waals surface area (Å²) in [4.78, 5) is 0. The van der Waals surface area contributed by atoms with Crippen LogP contribution in [-0.2, 0) is 0 Å². The van der Waals surface area contributed by atoms with Crippen LogP contribution in [0.25, 0.3) is 109 Å². The third-order valence-electron chi connectivity index (χ3n) is 11.3. The minimum atomic E-state index is 1.17. The Morgan fingerprint density at radius 2 is 0.846 bits per heavy atom. The van der Waals surface area contributed by atoms with E-state index >= 15 is 0 Å². The van der Waals surface area contributed by atoms with E-state index in [9.17, 15) is 0 Å². The fraction of sp³-hybridized carbons (Fsp3) is 0. The van der Waals surface area contributed by atoms with Gasteiger partial charge in [-0.15, -0.1) is 0 Å². The minimum absolute atomic E-state index is 1.17. The Kier molecular flexibility index (Phi) is 5.53. The molecule has 0 bridgehead atoms. The molecule has 9 aromatic carbocycles. The fourth-order valence-corrected chi connectivity index (χ4v) is 9.02. The molecule has 240 valence electrons. The molecule has 12 aromatic rings. The zero-order chi connectivity index (χ0) is 33.9. The van der Waals surface area contributed by atoms with Crippen LogP contribution in [-0.4, -0.2) is 8.97 Å². The van der Waals surface area contributed by atoms with Crippen molar-refractivity contribution in [3.8, 4) is 27.9 Å². The topological polar surface area (TPSA) is 9.34 Å². The Labute approximate surface area is 299 Å². The molecule has 0 unspecified atom stereocenters. The van der Waals surface area contributed by atoms with Crippen molar-refractivity contribution < 1.29 is 0 Å². The molecule has 52 heavy (non-hydrogen) atoms. The Bertz CT molecular complexity index is 3370. The summed E-state index contributed by atoms with van der Waals surface area (Å²) >= 11 is 0. The maximum absolute atomic E-state index is 2.56. The van der Waals surface area contributed by atoms with E-state index in [4.69, 9.17) is 0 Å². The van der Waals surface area contributed by atoms with Gasteiger partial charge in [0.25, 0.3) is 0 Å². The Morgan fingerprint density at radius 3 is 1.50 bits per heavy atom. The highest BCUT2D eigenvalue weighted by Crippen LogP contribution is 2.48. The first-order valence-corrected chi connectivity index (χ1v) is 18.0. The highest BCUT2D eigenvalue weighted by atomic mass is 15.0. The van der Waals surface area contributed by atoms with Crippen molar-refractivity contribution >= 4 is 81.4 Å². The maximum Gasteiger partial charge on any atom is 0.0628 e. The van der Waals surface area contributed by atoms with Crippen LogP contribution in [0.1, 0.15) is 0 Å². The third kappa shape index (κ3) is 3.78. The molecule has 0 aliphatic rings. The number of aromatic nitrogens is 2. The molecule has 3 heterocycles. The molecular weight excluding hydrogens is 629 g/mol. The number of nitrogens with zero attached hydrogens (tertiary/aromatic N) is 2. The van der Waals surface area contributed by atoms with E-state index in [1.165, 1.54) is 109 Å². The van der Waals surface area contributed by atoms with Crippen LogP contribution in [0.2, 0.25) is 0 Å². The summed E-state index contributed by atoms with van der Waals surface area (Å²) < 4.78 is 5.02. The number of para-hydroxylation sites is 2. The predicted octanol–water partition coefficient (Wildman–Crippen LogP) is 13.6. The summed E-state index contributed by atoms with van der Waals surface area (Å²) in [6.45, 7) is 0. The smallest absolute Gasteiger partial charge is 0.0628 e. The molecule has 0 atom stereocenters. The van der Waals surface area contributed by atoms with Gasteiger partial charge in [-0.05, 0) is 104 Å². The molecule has 0 amide bonds. The average molecular weight is 659 g/mol. The molecule has 0 aliphatic carbocycles. The maximum atomic E-state index is 2.56. The van der Waals surface area contributed by atoms with Crippen LogP contribution >= 0.6 is 0 Å². The van der Waals surface area contributed by atoms with Gasteiger partial charge < -0.3 is 8.97 Å². The van der Waals surface area contributed by atoms with Gasteiger partial charge >= 0.3 is 0 Å². The number of rotatable bonds is 3. The van der Waals surface area contributed by atoms with Gasteiger partial charge in [-0.2, -0.15) is 0 Å². The van der Waals surface area contributed by atoms with Crippen LogP contribution in [0, 0.1) is 0 Å². The van der Waals surface area contributed by atoms with Gasteiger partial charge in [0.1, 0.15) is 0 Å². The lowest BCUT2D eigenvalue weighted by molar-refractivity contribution is 1.18. The van der Waals surface area contributed by atoms with Crippen LogP contribution in [0.3, 0.4) is 0 Å². The van der Waals surface area contributed by atoms with Crippen molar-refractivity contribution in [2.24, 2.45) is 0 Å². The zero-order valence-electron chi connectivity index (χ0n) is 28.2. The van der Waals surface area contributed by atoms with Gasteiger partial charge in [-0.3, -0.25) is 0 Å². The number of benzene rings is 9. The van der Waals surface area contributed by atoms with Crippen LogP contribution < -0.4 is 0 Å². The zero-order valence-corrected chi connectivity index (χ0v) is 28.2. The highest BCUT2D eigenvalue weighted by Gasteiger charge is 2.25. The molecule has 0 aliphatic heterocycles. The summed E-state index contributed by atoms with van der Waals surface area (Å²) in [7, 11) is 0. The summed E-state index contributed by atoms with van der Waals surface area (Å²) in [5.41, 5.74) is 12.4. The molecule has 0 spiro atoms. The van der Waals surface area contributed by atoms with Crippen LogP contribution in [0.5, 0.6) is 0 Å². The SMILES string of the molecule is c1ccc(-c2ccc3cc4c5cc6c(c7ccccc7n6-c6ccccc6)c6c7cc8ccc(-c9ccccc9)cc8cc7n(c4cc3c2)c56)cc1. The molecule has 0 saturated heterocycles. The van der Waals surface area contributed by atoms with Crippen molar-refractivity contribution in [3.05, 3.63) is 182 Å². The summed E-state index contributed by atoms with van der Waals surface area (Å²) in [6, 6.07) is 67.2. The van der Waals surface area contributed by atoms with E-state index in [0.29, 0.717) is 0 Å². The minimum Gasteiger partial charge on any atom is -0.309 e. The quantitative estimate of drug-likeness (QED) is 0.179. The van der Waals surface area contributed by atoms with Crippen LogP contribution in [0.4, 0.5) is 0 Å². The normalized spacial score (nSPS) is 12.2. The van der Waals surface area contributed by atoms with E-state index in [0.717, 1.165) is 0 Å². The molecule has 0 N–H and O–H groups in total. The number of hydrogen-bond donors (Lipinski definition) is 0. The largest absolute Gasteiger partial charge is 0.309 e. The predicted molar refractivity (Wildman–Crippen MR) is 221 cm³/mol. The van der Waals surface area contributed by atoms with Crippen molar-refractivity contribution in [1.29, 1.82) is 0 Å². The standard InChI is InChI=1S/C50H30N2/c1-4-12-31(13-5-1)33-20-22-35-26-41-42-30-47-48(40-18-10-11-19-44(40)51(47)39-16-8-3-9-17-39)49-43-27-36-23-21-34(32-14-6-2-7-15-32)25-38(36)29-46(43)52(50(42)49)45(41)28-37(35)24-33/h1-30H. The molecule has 0 saturated carbocycles. The number of fused-ring (bicyclic) bond motifs is 12. The lowest BCUT2D eigenvalue weighted by Crippen LogP contribution is -1.92. The van der Waals surface area contributed by atoms with Gasteiger partial charge in [-0.1, -0.05) is 121 Å².